The second-order valence-corrected chi connectivity index (χ2v) is 4.88. The van der Waals surface area contributed by atoms with Gasteiger partial charge in [0.05, 0.1) is 17.2 Å². The zero-order chi connectivity index (χ0) is 14.3. The van der Waals surface area contributed by atoms with E-state index >= 15 is 0 Å². The van der Waals surface area contributed by atoms with Gasteiger partial charge in [0.15, 0.2) is 5.41 Å². The molecule has 2 aliphatic rings. The maximum absolute atomic E-state index is 12.0. The number of imide groups is 1. The van der Waals surface area contributed by atoms with E-state index < -0.39 is 23.2 Å². The van der Waals surface area contributed by atoms with Gasteiger partial charge in [-0.2, -0.15) is 5.26 Å². The third kappa shape index (κ3) is 1.53. The fourth-order valence-corrected chi connectivity index (χ4v) is 2.31. The molecule has 100 valence electrons. The average Bonchev–Trinajstić information content (AvgIpc) is 2.64. The van der Waals surface area contributed by atoms with Gasteiger partial charge in [-0.05, 0) is 31.4 Å². The first-order valence-corrected chi connectivity index (χ1v) is 6.20. The van der Waals surface area contributed by atoms with Crippen LogP contribution in [0.4, 0.5) is 0 Å². The molecule has 0 atom stereocenters. The van der Waals surface area contributed by atoms with Gasteiger partial charge < -0.3 is 4.84 Å². The minimum atomic E-state index is -1.21. The van der Waals surface area contributed by atoms with E-state index in [1.54, 1.807) is 12.1 Å². The smallest absolute Gasteiger partial charge is 0.328 e. The lowest BCUT2D eigenvalue weighted by Crippen LogP contribution is -2.43. The van der Waals surface area contributed by atoms with Crippen LogP contribution in [0, 0.1) is 16.7 Å². The van der Waals surface area contributed by atoms with E-state index in [4.69, 9.17) is 10.1 Å². The molecule has 3 rings (SSSR count). The van der Waals surface area contributed by atoms with Crippen molar-refractivity contribution in [2.24, 2.45) is 5.41 Å². The molecule has 6 nitrogen and oxygen atoms in total. The number of amides is 2. The van der Waals surface area contributed by atoms with Crippen molar-refractivity contribution in [2.45, 2.75) is 19.3 Å². The first-order valence-electron chi connectivity index (χ1n) is 6.20. The van der Waals surface area contributed by atoms with E-state index in [1.165, 1.54) is 12.1 Å². The number of hydroxylamine groups is 2. The molecule has 0 N–H and O–H groups in total. The number of benzene rings is 1. The lowest BCUT2D eigenvalue weighted by atomic mass is 9.70. The Labute approximate surface area is 114 Å². The van der Waals surface area contributed by atoms with Gasteiger partial charge in [0.1, 0.15) is 0 Å². The van der Waals surface area contributed by atoms with Crippen LogP contribution in [0.1, 0.15) is 40.0 Å². The number of carbonyl (C=O) groups excluding carboxylic acids is 3. The van der Waals surface area contributed by atoms with Crippen LogP contribution >= 0.6 is 0 Å². The fraction of sp³-hybridized carbons (Fsp3) is 0.286. The third-order valence-electron chi connectivity index (χ3n) is 3.74. The third-order valence-corrected chi connectivity index (χ3v) is 3.74. The van der Waals surface area contributed by atoms with Gasteiger partial charge in [-0.1, -0.05) is 17.2 Å². The molecule has 1 saturated carbocycles. The molecule has 0 unspecified atom stereocenters. The Morgan fingerprint density at radius 3 is 2.15 bits per heavy atom. The molecular weight excluding hydrogens is 260 g/mol. The summed E-state index contributed by atoms with van der Waals surface area (Å²) in [6.07, 6.45) is 1.54. The lowest BCUT2D eigenvalue weighted by Gasteiger charge is -2.32. The van der Waals surface area contributed by atoms with Crippen LogP contribution in [-0.2, 0) is 9.63 Å². The highest BCUT2D eigenvalue weighted by Crippen LogP contribution is 2.41. The number of rotatable bonds is 2. The summed E-state index contributed by atoms with van der Waals surface area (Å²) in [6.45, 7) is 0. The maximum atomic E-state index is 12.0. The topological polar surface area (TPSA) is 87.5 Å². The molecule has 0 spiro atoms. The first kappa shape index (κ1) is 12.4. The van der Waals surface area contributed by atoms with E-state index in [1.807, 2.05) is 6.07 Å². The summed E-state index contributed by atoms with van der Waals surface area (Å²) in [5, 5.41) is 9.50. The monoisotopic (exact) mass is 270 g/mol. The molecular formula is C14H10N2O4. The second-order valence-electron chi connectivity index (χ2n) is 4.88. The molecule has 20 heavy (non-hydrogen) atoms. The summed E-state index contributed by atoms with van der Waals surface area (Å²) >= 11 is 0. The SMILES string of the molecule is N#CC1(C(=O)ON2C(=O)c3ccccc3C2=O)CCC1. The Kier molecular flexibility index (Phi) is 2.57. The minimum Gasteiger partial charge on any atom is -0.328 e. The van der Waals surface area contributed by atoms with Crippen molar-refractivity contribution >= 4 is 17.8 Å². The highest BCUT2D eigenvalue weighted by atomic mass is 16.7. The normalized spacial score (nSPS) is 19.1. The molecule has 1 aromatic rings. The minimum absolute atomic E-state index is 0.199. The van der Waals surface area contributed by atoms with E-state index in [2.05, 4.69) is 0 Å². The van der Waals surface area contributed by atoms with Crippen molar-refractivity contribution in [3.8, 4) is 6.07 Å². The Morgan fingerprint density at radius 1 is 1.20 bits per heavy atom. The Bertz CT molecular complexity index is 635. The predicted molar refractivity (Wildman–Crippen MR) is 64.9 cm³/mol. The molecule has 1 fully saturated rings. The number of nitrogens with zero attached hydrogens (tertiary/aromatic N) is 2. The molecule has 1 aliphatic heterocycles. The van der Waals surface area contributed by atoms with Crippen molar-refractivity contribution in [3.63, 3.8) is 0 Å². The van der Waals surface area contributed by atoms with E-state index in [0.29, 0.717) is 17.9 Å². The quantitative estimate of drug-likeness (QED) is 0.759. The Hall–Kier alpha value is -2.68. The first-order chi connectivity index (χ1) is 9.59. The highest BCUT2D eigenvalue weighted by Gasteiger charge is 2.49. The van der Waals surface area contributed by atoms with Crippen LogP contribution in [0.3, 0.4) is 0 Å². The van der Waals surface area contributed by atoms with Crippen LogP contribution < -0.4 is 0 Å². The van der Waals surface area contributed by atoms with Crippen molar-refractivity contribution in [3.05, 3.63) is 35.4 Å². The lowest BCUT2D eigenvalue weighted by molar-refractivity contribution is -0.182. The maximum Gasteiger partial charge on any atom is 0.353 e. The fourth-order valence-electron chi connectivity index (χ4n) is 2.31. The number of carbonyl (C=O) groups is 3. The number of nitriles is 1. The zero-order valence-corrected chi connectivity index (χ0v) is 10.5. The van der Waals surface area contributed by atoms with Crippen LogP contribution in [0.2, 0.25) is 0 Å². The molecule has 1 heterocycles. The molecule has 2 amide bonds. The summed E-state index contributed by atoms with van der Waals surface area (Å²) < 4.78 is 0. The summed E-state index contributed by atoms with van der Waals surface area (Å²) in [7, 11) is 0. The second kappa shape index (κ2) is 4.17. The van der Waals surface area contributed by atoms with Gasteiger partial charge in [0, 0.05) is 0 Å². The van der Waals surface area contributed by atoms with E-state index in [9.17, 15) is 14.4 Å². The molecule has 0 bridgehead atoms. The zero-order valence-electron chi connectivity index (χ0n) is 10.5. The molecule has 0 saturated heterocycles. The van der Waals surface area contributed by atoms with Gasteiger partial charge in [0.25, 0.3) is 11.8 Å². The van der Waals surface area contributed by atoms with E-state index in [0.717, 1.165) is 6.42 Å². The Balaban J connectivity index is 1.84. The van der Waals surface area contributed by atoms with Gasteiger partial charge in [-0.25, -0.2) is 4.79 Å². The number of fused-ring (bicyclic) bond motifs is 1. The number of hydrogen-bond donors (Lipinski definition) is 0. The van der Waals surface area contributed by atoms with Gasteiger partial charge in [-0.15, -0.1) is 0 Å². The van der Waals surface area contributed by atoms with Crippen LogP contribution in [0.5, 0.6) is 0 Å². The highest BCUT2D eigenvalue weighted by molar-refractivity contribution is 6.20. The average molecular weight is 270 g/mol. The Morgan fingerprint density at radius 2 is 1.75 bits per heavy atom. The van der Waals surface area contributed by atoms with Gasteiger partial charge in [-0.3, -0.25) is 9.59 Å². The van der Waals surface area contributed by atoms with E-state index in [-0.39, 0.29) is 11.1 Å². The largest absolute Gasteiger partial charge is 0.353 e. The van der Waals surface area contributed by atoms with Crippen molar-refractivity contribution in [2.75, 3.05) is 0 Å². The van der Waals surface area contributed by atoms with Gasteiger partial charge in [0.2, 0.25) is 0 Å². The molecule has 1 aliphatic carbocycles. The van der Waals surface area contributed by atoms with Crippen LogP contribution in [-0.4, -0.2) is 22.8 Å². The van der Waals surface area contributed by atoms with Crippen LogP contribution in [0.25, 0.3) is 0 Å². The van der Waals surface area contributed by atoms with Crippen LogP contribution in [0.15, 0.2) is 24.3 Å². The molecule has 0 aromatic heterocycles. The van der Waals surface area contributed by atoms with Crippen molar-refractivity contribution in [1.82, 2.24) is 5.06 Å². The predicted octanol–water partition coefficient (Wildman–Crippen LogP) is 1.43. The van der Waals surface area contributed by atoms with Crippen molar-refractivity contribution in [1.29, 1.82) is 5.26 Å². The molecule has 6 heteroatoms. The van der Waals surface area contributed by atoms with Gasteiger partial charge >= 0.3 is 5.97 Å². The summed E-state index contributed by atoms with van der Waals surface area (Å²) in [5.74, 6) is -2.18. The molecule has 1 aromatic carbocycles. The summed E-state index contributed by atoms with van der Waals surface area (Å²) in [4.78, 5) is 40.9. The van der Waals surface area contributed by atoms with Crippen molar-refractivity contribution < 1.29 is 19.2 Å². The molecule has 0 radical (unpaired) electrons. The standard InChI is InChI=1S/C14H10N2O4/c15-8-14(6-3-7-14)13(19)20-16-11(17)9-4-1-2-5-10(9)12(16)18/h1-2,4-5H,3,6-7H2. The summed E-state index contributed by atoms with van der Waals surface area (Å²) in [6, 6.07) is 8.15. The number of hydrogen-bond acceptors (Lipinski definition) is 5. The summed E-state index contributed by atoms with van der Waals surface area (Å²) in [5.41, 5.74) is -0.815.